The maximum absolute atomic E-state index is 12.2. The third-order valence-electron chi connectivity index (χ3n) is 4.91. The smallest absolute Gasteiger partial charge is 0.223 e. The van der Waals surface area contributed by atoms with E-state index in [0.29, 0.717) is 0 Å². The van der Waals surface area contributed by atoms with E-state index in [0.717, 1.165) is 37.7 Å². The van der Waals surface area contributed by atoms with E-state index in [-0.39, 0.29) is 36.8 Å². The van der Waals surface area contributed by atoms with Crippen LogP contribution in [0.3, 0.4) is 0 Å². The first-order chi connectivity index (χ1) is 12.0. The Morgan fingerprint density at radius 1 is 1.16 bits per heavy atom. The standard InChI is InChI=1S/C20H30N2O3/c1-3-15-8-10-16(11-9-15)18(13-23)22-19(24)12-14(2)21-20(25)17-6-4-5-7-17/h8-11,14,17-18,23H,3-7,12-13H2,1-2H3,(H,21,25)(H,22,24). The molecule has 1 fully saturated rings. The van der Waals surface area contributed by atoms with Gasteiger partial charge in [-0.15, -0.1) is 0 Å². The number of nitrogens with one attached hydrogen (secondary N) is 2. The van der Waals surface area contributed by atoms with Gasteiger partial charge in [0.25, 0.3) is 0 Å². The lowest BCUT2D eigenvalue weighted by Gasteiger charge is -2.20. The van der Waals surface area contributed by atoms with Crippen molar-refractivity contribution >= 4 is 11.8 Å². The molecule has 2 amide bonds. The quantitative estimate of drug-likeness (QED) is 0.677. The monoisotopic (exact) mass is 346 g/mol. The Morgan fingerprint density at radius 2 is 1.80 bits per heavy atom. The van der Waals surface area contributed by atoms with Crippen molar-refractivity contribution in [1.29, 1.82) is 0 Å². The highest BCUT2D eigenvalue weighted by Gasteiger charge is 2.24. The zero-order chi connectivity index (χ0) is 18.2. The number of carbonyl (C=O) groups excluding carboxylic acids is 2. The number of carbonyl (C=O) groups is 2. The highest BCUT2D eigenvalue weighted by molar-refractivity contribution is 5.81. The summed E-state index contributed by atoms with van der Waals surface area (Å²) in [5.41, 5.74) is 2.10. The van der Waals surface area contributed by atoms with E-state index in [1.165, 1.54) is 5.56 Å². The lowest BCUT2D eigenvalue weighted by Crippen LogP contribution is -2.40. The van der Waals surface area contributed by atoms with E-state index in [2.05, 4.69) is 17.6 Å². The number of benzene rings is 1. The van der Waals surface area contributed by atoms with Crippen LogP contribution in [-0.4, -0.2) is 29.6 Å². The molecule has 2 unspecified atom stereocenters. The van der Waals surface area contributed by atoms with Crippen LogP contribution in [-0.2, 0) is 16.0 Å². The van der Waals surface area contributed by atoms with Crippen molar-refractivity contribution in [1.82, 2.24) is 10.6 Å². The molecule has 0 aromatic heterocycles. The lowest BCUT2D eigenvalue weighted by atomic mass is 10.0. The van der Waals surface area contributed by atoms with Gasteiger partial charge in [-0.2, -0.15) is 0 Å². The first-order valence-corrected chi connectivity index (χ1v) is 9.33. The molecule has 0 radical (unpaired) electrons. The molecule has 2 rings (SSSR count). The number of aliphatic hydroxyl groups excluding tert-OH is 1. The number of rotatable bonds is 8. The van der Waals surface area contributed by atoms with Crippen LogP contribution in [0.4, 0.5) is 0 Å². The van der Waals surface area contributed by atoms with E-state index in [1.54, 1.807) is 0 Å². The van der Waals surface area contributed by atoms with E-state index in [4.69, 9.17) is 0 Å². The molecule has 0 bridgehead atoms. The predicted octanol–water partition coefficient (Wildman–Crippen LogP) is 2.48. The molecule has 1 aliphatic carbocycles. The Hall–Kier alpha value is -1.88. The fourth-order valence-electron chi connectivity index (χ4n) is 3.35. The first kappa shape index (κ1) is 19.4. The molecule has 1 saturated carbocycles. The topological polar surface area (TPSA) is 78.4 Å². The Bertz CT molecular complexity index is 565. The maximum atomic E-state index is 12.2. The van der Waals surface area contributed by atoms with Crippen LogP contribution in [0, 0.1) is 5.92 Å². The van der Waals surface area contributed by atoms with Gasteiger partial charge in [-0.3, -0.25) is 9.59 Å². The zero-order valence-electron chi connectivity index (χ0n) is 15.3. The summed E-state index contributed by atoms with van der Waals surface area (Å²) >= 11 is 0. The summed E-state index contributed by atoms with van der Waals surface area (Å²) in [6, 6.07) is 7.26. The van der Waals surface area contributed by atoms with Gasteiger partial charge in [-0.05, 0) is 37.3 Å². The van der Waals surface area contributed by atoms with Gasteiger partial charge in [0.1, 0.15) is 0 Å². The zero-order valence-corrected chi connectivity index (χ0v) is 15.3. The minimum atomic E-state index is -0.420. The molecule has 5 heteroatoms. The van der Waals surface area contributed by atoms with Crippen LogP contribution < -0.4 is 10.6 Å². The highest BCUT2D eigenvalue weighted by atomic mass is 16.3. The van der Waals surface area contributed by atoms with Gasteiger partial charge in [-0.1, -0.05) is 44.0 Å². The number of aliphatic hydroxyl groups is 1. The van der Waals surface area contributed by atoms with Crippen molar-refractivity contribution in [2.75, 3.05) is 6.61 Å². The van der Waals surface area contributed by atoms with Crippen molar-refractivity contribution in [3.05, 3.63) is 35.4 Å². The molecule has 1 aromatic carbocycles. The van der Waals surface area contributed by atoms with Crippen LogP contribution >= 0.6 is 0 Å². The average molecular weight is 346 g/mol. The Labute approximate surface area is 150 Å². The predicted molar refractivity (Wildman–Crippen MR) is 98.0 cm³/mol. The first-order valence-electron chi connectivity index (χ1n) is 9.33. The summed E-state index contributed by atoms with van der Waals surface area (Å²) < 4.78 is 0. The summed E-state index contributed by atoms with van der Waals surface area (Å²) in [5, 5.41) is 15.4. The molecule has 5 nitrogen and oxygen atoms in total. The molecule has 25 heavy (non-hydrogen) atoms. The fraction of sp³-hybridized carbons (Fsp3) is 0.600. The van der Waals surface area contributed by atoms with E-state index >= 15 is 0 Å². The summed E-state index contributed by atoms with van der Waals surface area (Å²) in [6.45, 7) is 3.78. The summed E-state index contributed by atoms with van der Waals surface area (Å²) in [4.78, 5) is 24.4. The van der Waals surface area contributed by atoms with Crippen molar-refractivity contribution in [2.45, 2.75) is 64.5 Å². The van der Waals surface area contributed by atoms with E-state index < -0.39 is 6.04 Å². The number of amides is 2. The van der Waals surface area contributed by atoms with Crippen LogP contribution in [0.25, 0.3) is 0 Å². The fourth-order valence-corrected chi connectivity index (χ4v) is 3.35. The van der Waals surface area contributed by atoms with Gasteiger partial charge in [0.2, 0.25) is 11.8 Å². The Balaban J connectivity index is 1.82. The molecule has 0 spiro atoms. The lowest BCUT2D eigenvalue weighted by molar-refractivity contribution is -0.126. The van der Waals surface area contributed by atoms with Crippen molar-refractivity contribution in [3.8, 4) is 0 Å². The number of hydrogen-bond acceptors (Lipinski definition) is 3. The molecule has 2 atom stereocenters. The van der Waals surface area contributed by atoms with Crippen molar-refractivity contribution in [2.24, 2.45) is 5.92 Å². The van der Waals surface area contributed by atoms with Gasteiger partial charge in [0, 0.05) is 18.4 Å². The van der Waals surface area contributed by atoms with Crippen LogP contribution in [0.5, 0.6) is 0 Å². The van der Waals surface area contributed by atoms with Crippen molar-refractivity contribution < 1.29 is 14.7 Å². The van der Waals surface area contributed by atoms with Crippen LogP contribution in [0.15, 0.2) is 24.3 Å². The maximum Gasteiger partial charge on any atom is 0.223 e. The Kier molecular flexibility index (Phi) is 7.44. The molecular weight excluding hydrogens is 316 g/mol. The van der Waals surface area contributed by atoms with Gasteiger partial charge >= 0.3 is 0 Å². The second-order valence-corrected chi connectivity index (χ2v) is 6.99. The van der Waals surface area contributed by atoms with Gasteiger partial charge in [0.15, 0.2) is 0 Å². The molecule has 3 N–H and O–H groups in total. The molecule has 1 aliphatic rings. The van der Waals surface area contributed by atoms with Gasteiger partial charge in [-0.25, -0.2) is 0 Å². The minimum absolute atomic E-state index is 0.0617. The minimum Gasteiger partial charge on any atom is -0.394 e. The summed E-state index contributed by atoms with van der Waals surface area (Å²) in [5.74, 6) is -0.00251. The molecule has 1 aromatic rings. The van der Waals surface area contributed by atoms with Gasteiger partial charge in [0.05, 0.1) is 12.6 Å². The normalized spacial score (nSPS) is 17.1. The second-order valence-electron chi connectivity index (χ2n) is 6.99. The number of hydrogen-bond donors (Lipinski definition) is 3. The van der Waals surface area contributed by atoms with Crippen LogP contribution in [0.1, 0.15) is 63.1 Å². The molecule has 0 saturated heterocycles. The van der Waals surface area contributed by atoms with Crippen molar-refractivity contribution in [3.63, 3.8) is 0 Å². The molecular formula is C20H30N2O3. The average Bonchev–Trinajstić information content (AvgIpc) is 3.14. The number of aryl methyl sites for hydroxylation is 1. The van der Waals surface area contributed by atoms with Gasteiger partial charge < -0.3 is 15.7 Å². The third kappa shape index (κ3) is 5.85. The third-order valence-corrected chi connectivity index (χ3v) is 4.91. The second kappa shape index (κ2) is 9.56. The Morgan fingerprint density at radius 3 is 2.36 bits per heavy atom. The SMILES string of the molecule is CCc1ccc(C(CO)NC(=O)CC(C)NC(=O)C2CCCC2)cc1. The highest BCUT2D eigenvalue weighted by Crippen LogP contribution is 2.24. The van der Waals surface area contributed by atoms with Crippen LogP contribution in [0.2, 0.25) is 0 Å². The summed E-state index contributed by atoms with van der Waals surface area (Å²) in [7, 11) is 0. The van der Waals surface area contributed by atoms with E-state index in [1.807, 2.05) is 31.2 Å². The largest absolute Gasteiger partial charge is 0.394 e. The summed E-state index contributed by atoms with van der Waals surface area (Å²) in [6.07, 6.45) is 5.29. The molecule has 0 aliphatic heterocycles. The molecule has 138 valence electrons. The van der Waals surface area contributed by atoms with E-state index in [9.17, 15) is 14.7 Å². The molecule has 0 heterocycles.